The van der Waals surface area contributed by atoms with E-state index in [0.29, 0.717) is 11.7 Å². The Kier molecular flexibility index (Phi) is 4.65. The normalized spacial score (nSPS) is 11.1. The molecule has 1 aromatic heterocycles. The number of benzene rings is 1. The summed E-state index contributed by atoms with van der Waals surface area (Å²) in [6.07, 6.45) is -0.531. The van der Waals surface area contributed by atoms with Crippen LogP contribution < -0.4 is 10.1 Å². The van der Waals surface area contributed by atoms with Crippen molar-refractivity contribution in [1.29, 1.82) is 0 Å². The average molecular weight is 305 g/mol. The summed E-state index contributed by atoms with van der Waals surface area (Å²) < 4.78 is 15.3. The molecule has 2 rings (SSSR count). The van der Waals surface area contributed by atoms with E-state index < -0.39 is 11.7 Å². The Bertz CT molecular complexity index is 629. The molecule has 1 N–H and O–H groups in total. The lowest BCUT2D eigenvalue weighted by Crippen LogP contribution is -2.32. The molecule has 1 amide bonds. The fraction of sp³-hybridized carbons (Fsp3) is 0.400. The zero-order chi connectivity index (χ0) is 16.2. The van der Waals surface area contributed by atoms with Crippen LogP contribution >= 0.6 is 0 Å². The molecular weight excluding hydrogens is 286 g/mol. The second-order valence-electron chi connectivity index (χ2n) is 5.60. The summed E-state index contributed by atoms with van der Waals surface area (Å²) in [5.74, 6) is 1.50. The van der Waals surface area contributed by atoms with E-state index in [9.17, 15) is 4.79 Å². The molecule has 0 radical (unpaired) electrons. The number of carbonyl (C=O) groups excluding carboxylic acids is 1. The Hall–Kier alpha value is -2.57. The maximum absolute atomic E-state index is 11.5. The van der Waals surface area contributed by atoms with Crippen molar-refractivity contribution in [1.82, 2.24) is 15.5 Å². The zero-order valence-corrected chi connectivity index (χ0v) is 13.0. The molecule has 0 fully saturated rings. The van der Waals surface area contributed by atoms with Gasteiger partial charge in [-0.15, -0.1) is 0 Å². The number of ether oxygens (including phenoxy) is 2. The summed E-state index contributed by atoms with van der Waals surface area (Å²) >= 11 is 0. The molecule has 7 heteroatoms. The number of aromatic nitrogens is 2. The first-order chi connectivity index (χ1) is 10.4. The first kappa shape index (κ1) is 15.8. The third-order valence-corrected chi connectivity index (χ3v) is 2.60. The third-order valence-electron chi connectivity index (χ3n) is 2.60. The van der Waals surface area contributed by atoms with Gasteiger partial charge >= 0.3 is 6.09 Å². The predicted octanol–water partition coefficient (Wildman–Crippen LogP) is 2.77. The summed E-state index contributed by atoms with van der Waals surface area (Å²) in [5, 5.41) is 6.44. The molecule has 1 heterocycles. The van der Waals surface area contributed by atoms with Crippen molar-refractivity contribution in [3.05, 3.63) is 30.2 Å². The molecule has 0 unspecified atom stereocenters. The molecule has 7 nitrogen and oxygen atoms in total. The molecular formula is C15H19N3O4. The van der Waals surface area contributed by atoms with E-state index in [2.05, 4.69) is 15.5 Å². The van der Waals surface area contributed by atoms with E-state index in [1.54, 1.807) is 27.9 Å². The highest BCUT2D eigenvalue weighted by Crippen LogP contribution is 2.19. The fourth-order valence-electron chi connectivity index (χ4n) is 1.65. The number of nitrogens with one attached hydrogen (secondary N) is 1. The summed E-state index contributed by atoms with van der Waals surface area (Å²) in [7, 11) is 1.60. The lowest BCUT2D eigenvalue weighted by atomic mass is 10.2. The maximum Gasteiger partial charge on any atom is 0.408 e. The lowest BCUT2D eigenvalue weighted by Gasteiger charge is -2.19. The van der Waals surface area contributed by atoms with Crippen LogP contribution in [0.15, 0.2) is 28.8 Å². The molecule has 0 aliphatic carbocycles. The first-order valence-corrected chi connectivity index (χ1v) is 6.81. The molecule has 0 saturated heterocycles. The van der Waals surface area contributed by atoms with Crippen LogP contribution in [0.1, 0.15) is 26.7 Å². The van der Waals surface area contributed by atoms with Gasteiger partial charge in [0.05, 0.1) is 7.11 Å². The van der Waals surface area contributed by atoms with E-state index >= 15 is 0 Å². The summed E-state index contributed by atoms with van der Waals surface area (Å²) in [6.45, 7) is 5.49. The first-order valence-electron chi connectivity index (χ1n) is 6.81. The Morgan fingerprint density at radius 1 is 1.27 bits per heavy atom. The van der Waals surface area contributed by atoms with Crippen LogP contribution in [0.3, 0.4) is 0 Å². The van der Waals surface area contributed by atoms with Crippen molar-refractivity contribution in [2.24, 2.45) is 0 Å². The number of rotatable bonds is 4. The molecule has 2 aromatic rings. The SMILES string of the molecule is COc1ccc(-c2noc(CNC(=O)OC(C)(C)C)n2)cc1. The summed E-state index contributed by atoms with van der Waals surface area (Å²) in [6, 6.07) is 7.28. The van der Waals surface area contributed by atoms with Crippen LogP contribution in [0, 0.1) is 0 Å². The minimum Gasteiger partial charge on any atom is -0.497 e. The highest BCUT2D eigenvalue weighted by molar-refractivity contribution is 5.67. The van der Waals surface area contributed by atoms with Gasteiger partial charge in [-0.25, -0.2) is 4.79 Å². The fourth-order valence-corrected chi connectivity index (χ4v) is 1.65. The molecule has 0 aliphatic rings. The van der Waals surface area contributed by atoms with E-state index in [1.165, 1.54) is 0 Å². The molecule has 22 heavy (non-hydrogen) atoms. The zero-order valence-electron chi connectivity index (χ0n) is 13.0. The van der Waals surface area contributed by atoms with Gasteiger partial charge < -0.3 is 19.3 Å². The van der Waals surface area contributed by atoms with Gasteiger partial charge in [0, 0.05) is 5.56 Å². The van der Waals surface area contributed by atoms with Crippen LogP contribution in [0.2, 0.25) is 0 Å². The molecule has 0 saturated carbocycles. The maximum atomic E-state index is 11.5. The summed E-state index contributed by atoms with van der Waals surface area (Å²) in [4.78, 5) is 15.8. The predicted molar refractivity (Wildman–Crippen MR) is 79.4 cm³/mol. The number of carbonyl (C=O) groups is 1. The van der Waals surface area contributed by atoms with Gasteiger partial charge in [0.15, 0.2) is 0 Å². The van der Waals surface area contributed by atoms with Crippen molar-refractivity contribution < 1.29 is 18.8 Å². The highest BCUT2D eigenvalue weighted by Gasteiger charge is 2.17. The number of hydrogen-bond acceptors (Lipinski definition) is 6. The second kappa shape index (κ2) is 6.46. The monoisotopic (exact) mass is 305 g/mol. The van der Waals surface area contributed by atoms with E-state index in [1.807, 2.05) is 24.3 Å². The Morgan fingerprint density at radius 2 is 1.95 bits per heavy atom. The minimum absolute atomic E-state index is 0.109. The standard InChI is InChI=1S/C15H19N3O4/c1-15(2,3)21-14(19)16-9-12-17-13(18-22-12)10-5-7-11(20-4)8-6-10/h5-8H,9H2,1-4H3,(H,16,19). The Morgan fingerprint density at radius 3 is 2.55 bits per heavy atom. The van der Waals surface area contributed by atoms with Gasteiger partial charge in [0.25, 0.3) is 0 Å². The molecule has 1 aromatic carbocycles. The topological polar surface area (TPSA) is 86.5 Å². The number of methoxy groups -OCH3 is 1. The van der Waals surface area contributed by atoms with Crippen molar-refractivity contribution in [2.45, 2.75) is 32.9 Å². The quantitative estimate of drug-likeness (QED) is 0.934. The summed E-state index contributed by atoms with van der Waals surface area (Å²) in [5.41, 5.74) is 0.251. The van der Waals surface area contributed by atoms with Crippen molar-refractivity contribution in [3.63, 3.8) is 0 Å². The third kappa shape index (κ3) is 4.47. The Labute approximate surface area is 128 Å². The Balaban J connectivity index is 1.95. The number of nitrogens with zero attached hydrogens (tertiary/aromatic N) is 2. The van der Waals surface area contributed by atoms with Gasteiger partial charge in [-0.05, 0) is 45.0 Å². The van der Waals surface area contributed by atoms with Crippen LogP contribution in [0.25, 0.3) is 11.4 Å². The van der Waals surface area contributed by atoms with Gasteiger partial charge in [-0.1, -0.05) is 5.16 Å². The number of amides is 1. The average Bonchev–Trinajstić information content (AvgIpc) is 2.92. The van der Waals surface area contributed by atoms with Crippen LogP contribution in [0.5, 0.6) is 5.75 Å². The van der Waals surface area contributed by atoms with Gasteiger partial charge in [-0.3, -0.25) is 0 Å². The van der Waals surface area contributed by atoms with Crippen molar-refractivity contribution in [2.75, 3.05) is 7.11 Å². The molecule has 0 aliphatic heterocycles. The molecule has 118 valence electrons. The van der Waals surface area contributed by atoms with Gasteiger partial charge in [0.2, 0.25) is 11.7 Å². The minimum atomic E-state index is -0.548. The van der Waals surface area contributed by atoms with Crippen LogP contribution in [-0.2, 0) is 11.3 Å². The van der Waals surface area contributed by atoms with Gasteiger partial charge in [-0.2, -0.15) is 4.98 Å². The second-order valence-corrected chi connectivity index (χ2v) is 5.60. The number of alkyl carbamates (subject to hydrolysis) is 1. The molecule has 0 bridgehead atoms. The van der Waals surface area contributed by atoms with E-state index in [4.69, 9.17) is 14.0 Å². The largest absolute Gasteiger partial charge is 0.497 e. The van der Waals surface area contributed by atoms with E-state index in [-0.39, 0.29) is 6.54 Å². The van der Waals surface area contributed by atoms with Crippen molar-refractivity contribution in [3.8, 4) is 17.1 Å². The van der Waals surface area contributed by atoms with Gasteiger partial charge in [0.1, 0.15) is 17.9 Å². The van der Waals surface area contributed by atoms with E-state index in [0.717, 1.165) is 11.3 Å². The van der Waals surface area contributed by atoms with Crippen LogP contribution in [-0.4, -0.2) is 28.9 Å². The van der Waals surface area contributed by atoms with Crippen LogP contribution in [0.4, 0.5) is 4.79 Å². The molecule has 0 spiro atoms. The highest BCUT2D eigenvalue weighted by atomic mass is 16.6. The smallest absolute Gasteiger partial charge is 0.408 e. The number of hydrogen-bond donors (Lipinski definition) is 1. The lowest BCUT2D eigenvalue weighted by molar-refractivity contribution is 0.0518. The molecule has 0 atom stereocenters. The van der Waals surface area contributed by atoms with Crippen molar-refractivity contribution >= 4 is 6.09 Å².